The Morgan fingerprint density at radius 1 is 0.705 bits per heavy atom. The summed E-state index contributed by atoms with van der Waals surface area (Å²) in [7, 11) is 0. The number of hydrogen-bond donors (Lipinski definition) is 0. The highest BCUT2D eigenvalue weighted by molar-refractivity contribution is 5.64. The third-order valence-corrected chi connectivity index (χ3v) is 9.91. The second-order valence-corrected chi connectivity index (χ2v) is 13.0. The van der Waals surface area contributed by atoms with E-state index in [-0.39, 0.29) is 23.5 Å². The van der Waals surface area contributed by atoms with Gasteiger partial charge in [0.05, 0.1) is 18.6 Å². The van der Waals surface area contributed by atoms with Crippen molar-refractivity contribution in [3.63, 3.8) is 0 Å². The molecule has 2 fully saturated rings. The zero-order valence-electron chi connectivity index (χ0n) is 26.3. The fourth-order valence-corrected chi connectivity index (χ4v) is 7.46. The minimum absolute atomic E-state index is 0.236. The van der Waals surface area contributed by atoms with Crippen LogP contribution in [0, 0.1) is 5.92 Å². The molecule has 7 rings (SSSR count). The van der Waals surface area contributed by atoms with Gasteiger partial charge in [-0.2, -0.15) is 0 Å². The van der Waals surface area contributed by atoms with Crippen LogP contribution in [0.2, 0.25) is 0 Å². The Labute approximate surface area is 263 Å². The van der Waals surface area contributed by atoms with Gasteiger partial charge in [-0.25, -0.2) is 0 Å². The van der Waals surface area contributed by atoms with Crippen LogP contribution in [0.1, 0.15) is 85.3 Å². The molecule has 0 saturated carbocycles. The van der Waals surface area contributed by atoms with Crippen molar-refractivity contribution in [2.24, 2.45) is 5.92 Å². The summed E-state index contributed by atoms with van der Waals surface area (Å²) in [6.07, 6.45) is 17.7. The number of epoxide rings is 2. The number of hydrogen-bond acceptors (Lipinski definition) is 4. The summed E-state index contributed by atoms with van der Waals surface area (Å²) in [5.74, 6) is 2.60. The van der Waals surface area contributed by atoms with Gasteiger partial charge in [0.15, 0.2) is 0 Å². The highest BCUT2D eigenvalue weighted by atomic mass is 16.6. The third kappa shape index (κ3) is 5.75. The first-order chi connectivity index (χ1) is 21.7. The van der Waals surface area contributed by atoms with E-state index in [4.69, 9.17) is 18.9 Å². The lowest BCUT2D eigenvalue weighted by Gasteiger charge is -2.39. The van der Waals surface area contributed by atoms with E-state index in [1.165, 1.54) is 46.2 Å². The van der Waals surface area contributed by atoms with E-state index < -0.39 is 0 Å². The maximum atomic E-state index is 6.38. The van der Waals surface area contributed by atoms with Crippen LogP contribution in [0.3, 0.4) is 0 Å². The topological polar surface area (TPSA) is 43.5 Å². The molecule has 2 heterocycles. The first kappa shape index (κ1) is 29.4. The molecule has 0 bridgehead atoms. The van der Waals surface area contributed by atoms with Gasteiger partial charge in [-0.15, -0.1) is 0 Å². The smallest absolute Gasteiger partial charge is 0.122 e. The molecule has 0 aromatic heterocycles. The molecule has 0 N–H and O–H groups in total. The molecule has 0 spiro atoms. The minimum Gasteiger partial charge on any atom is -0.491 e. The molecular formula is C40H46O4. The van der Waals surface area contributed by atoms with Crippen LogP contribution in [0.25, 0.3) is 0 Å². The highest BCUT2D eigenvalue weighted by Crippen LogP contribution is 2.60. The van der Waals surface area contributed by atoms with E-state index in [0.717, 1.165) is 56.8 Å². The average Bonchev–Trinajstić information content (AvgIpc) is 4.01. The number of fused-ring (bicyclic) bond motifs is 3. The van der Waals surface area contributed by atoms with E-state index in [1.54, 1.807) is 0 Å². The Balaban J connectivity index is 1.39. The summed E-state index contributed by atoms with van der Waals surface area (Å²) in [5.41, 5.74) is 7.80. The molecule has 5 unspecified atom stereocenters. The average molecular weight is 591 g/mol. The Kier molecular flexibility index (Phi) is 8.64. The molecule has 4 nitrogen and oxygen atoms in total. The number of ether oxygens (including phenoxy) is 4. The van der Waals surface area contributed by atoms with E-state index in [9.17, 15) is 0 Å². The van der Waals surface area contributed by atoms with Crippen molar-refractivity contribution in [2.45, 2.75) is 82.3 Å². The normalized spacial score (nSPS) is 25.9. The zero-order valence-corrected chi connectivity index (χ0v) is 26.3. The standard InChI is InChI=1S/C40H46O4/c1-3-5-7-13-29-23-31(19-21-39(29)44-27-33-25-42-33)40(36-16-10-8-14-34(36)35-15-9-11-17-37(35)40)30-18-20-38(43-26-32-24-41-32)28(22-30)12-6-4-2/h8-11,14-23,32-34,36H,3-7,12-13,24-27H2,1-2H3. The number of benzene rings is 3. The largest absolute Gasteiger partial charge is 0.491 e. The predicted octanol–water partition coefficient (Wildman–Crippen LogP) is 8.49. The van der Waals surface area contributed by atoms with Gasteiger partial charge in [0.25, 0.3) is 0 Å². The van der Waals surface area contributed by atoms with Gasteiger partial charge in [-0.05, 0) is 71.2 Å². The van der Waals surface area contributed by atoms with Crippen LogP contribution in [0.5, 0.6) is 11.5 Å². The highest BCUT2D eigenvalue weighted by Gasteiger charge is 2.53. The molecule has 44 heavy (non-hydrogen) atoms. The van der Waals surface area contributed by atoms with Crippen LogP contribution in [0.4, 0.5) is 0 Å². The van der Waals surface area contributed by atoms with Crippen molar-refractivity contribution in [1.82, 2.24) is 0 Å². The van der Waals surface area contributed by atoms with Crippen LogP contribution in [-0.2, 0) is 27.7 Å². The summed E-state index contributed by atoms with van der Waals surface area (Å²) >= 11 is 0. The molecule has 230 valence electrons. The van der Waals surface area contributed by atoms with E-state index >= 15 is 0 Å². The fourth-order valence-electron chi connectivity index (χ4n) is 7.46. The lowest BCUT2D eigenvalue weighted by Crippen LogP contribution is -2.35. The van der Waals surface area contributed by atoms with E-state index in [2.05, 4.69) is 98.8 Å². The molecule has 2 saturated heterocycles. The SMILES string of the molecule is CCCCCc1cc(C2(c3ccc(OCC4CO4)c(CCCC)c3)c3ccccc3C3C=CC=CC32)ccc1OCC1CO1. The van der Waals surface area contributed by atoms with Gasteiger partial charge in [-0.1, -0.05) is 106 Å². The van der Waals surface area contributed by atoms with Crippen LogP contribution < -0.4 is 9.47 Å². The predicted molar refractivity (Wildman–Crippen MR) is 176 cm³/mol. The molecule has 0 radical (unpaired) electrons. The first-order valence-corrected chi connectivity index (χ1v) is 16.9. The quantitative estimate of drug-likeness (QED) is 0.132. The molecule has 4 aliphatic rings. The zero-order chi connectivity index (χ0) is 29.9. The molecule has 3 aromatic carbocycles. The lowest BCUT2D eigenvalue weighted by atomic mass is 9.62. The Bertz CT molecular complexity index is 1510. The van der Waals surface area contributed by atoms with Crippen LogP contribution in [-0.4, -0.2) is 38.6 Å². The van der Waals surface area contributed by atoms with Gasteiger partial charge in [0.2, 0.25) is 0 Å². The molecule has 2 aliphatic carbocycles. The van der Waals surface area contributed by atoms with Crippen molar-refractivity contribution in [3.05, 3.63) is 118 Å². The number of aryl methyl sites for hydroxylation is 2. The summed E-state index contributed by atoms with van der Waals surface area (Å²) in [6.45, 7) is 7.39. The maximum Gasteiger partial charge on any atom is 0.122 e. The lowest BCUT2D eigenvalue weighted by molar-refractivity contribution is 0.260. The summed E-state index contributed by atoms with van der Waals surface area (Å²) in [6, 6.07) is 23.3. The summed E-state index contributed by atoms with van der Waals surface area (Å²) in [5, 5.41) is 0. The van der Waals surface area contributed by atoms with Gasteiger partial charge < -0.3 is 18.9 Å². The van der Waals surface area contributed by atoms with Gasteiger partial charge in [0.1, 0.15) is 36.9 Å². The Morgan fingerprint density at radius 3 is 1.91 bits per heavy atom. The van der Waals surface area contributed by atoms with Crippen LogP contribution >= 0.6 is 0 Å². The third-order valence-electron chi connectivity index (χ3n) is 9.91. The van der Waals surface area contributed by atoms with E-state index in [0.29, 0.717) is 19.1 Å². The van der Waals surface area contributed by atoms with Gasteiger partial charge in [-0.3, -0.25) is 0 Å². The molecule has 5 atom stereocenters. The van der Waals surface area contributed by atoms with Crippen molar-refractivity contribution in [1.29, 1.82) is 0 Å². The molecule has 4 heteroatoms. The monoisotopic (exact) mass is 590 g/mol. The maximum absolute atomic E-state index is 6.38. The second kappa shape index (κ2) is 12.9. The molecule has 2 aliphatic heterocycles. The van der Waals surface area contributed by atoms with Gasteiger partial charge in [0, 0.05) is 11.8 Å². The first-order valence-electron chi connectivity index (χ1n) is 16.9. The molecular weight excluding hydrogens is 544 g/mol. The Morgan fingerprint density at radius 2 is 1.30 bits per heavy atom. The summed E-state index contributed by atoms with van der Waals surface area (Å²) < 4.78 is 23.7. The van der Waals surface area contributed by atoms with Crippen molar-refractivity contribution in [3.8, 4) is 11.5 Å². The summed E-state index contributed by atoms with van der Waals surface area (Å²) in [4.78, 5) is 0. The van der Waals surface area contributed by atoms with Crippen LogP contribution in [0.15, 0.2) is 85.0 Å². The Hall–Kier alpha value is -3.34. The van der Waals surface area contributed by atoms with Crippen molar-refractivity contribution in [2.75, 3.05) is 26.4 Å². The van der Waals surface area contributed by atoms with Crippen molar-refractivity contribution >= 4 is 0 Å². The van der Waals surface area contributed by atoms with Crippen molar-refractivity contribution < 1.29 is 18.9 Å². The fraction of sp³-hybridized carbons (Fsp3) is 0.450. The molecule has 0 amide bonds. The second-order valence-electron chi connectivity index (χ2n) is 13.0. The number of allylic oxidation sites excluding steroid dienone is 4. The molecule has 3 aromatic rings. The number of unbranched alkanes of at least 4 members (excludes halogenated alkanes) is 3. The van der Waals surface area contributed by atoms with Gasteiger partial charge >= 0.3 is 0 Å². The minimum atomic E-state index is -0.334. The van der Waals surface area contributed by atoms with E-state index in [1.807, 2.05) is 0 Å². The number of rotatable bonds is 15.